The van der Waals surface area contributed by atoms with Gasteiger partial charge in [-0.1, -0.05) is 18.2 Å². The fourth-order valence-corrected chi connectivity index (χ4v) is 3.37. The first kappa shape index (κ1) is 17.1. The number of carbonyl (C=O) groups is 1. The van der Waals surface area contributed by atoms with Crippen LogP contribution in [0.15, 0.2) is 24.3 Å². The molecule has 1 aliphatic heterocycles. The van der Waals surface area contributed by atoms with E-state index < -0.39 is 0 Å². The summed E-state index contributed by atoms with van der Waals surface area (Å²) < 4.78 is 5.70. The molecule has 1 amide bonds. The summed E-state index contributed by atoms with van der Waals surface area (Å²) in [6.45, 7) is 5.25. The summed E-state index contributed by atoms with van der Waals surface area (Å²) in [6.07, 6.45) is 3.36. The van der Waals surface area contributed by atoms with Gasteiger partial charge < -0.3 is 15.4 Å². The lowest BCUT2D eigenvalue weighted by molar-refractivity contribution is -0.123. The Morgan fingerprint density at radius 3 is 2.82 bits per heavy atom. The summed E-state index contributed by atoms with van der Waals surface area (Å²) in [4.78, 5) is 12.2. The van der Waals surface area contributed by atoms with Crippen LogP contribution in [0.4, 0.5) is 0 Å². The van der Waals surface area contributed by atoms with Gasteiger partial charge in [-0.25, -0.2) is 0 Å². The molecule has 1 saturated carbocycles. The van der Waals surface area contributed by atoms with Gasteiger partial charge >= 0.3 is 0 Å². The van der Waals surface area contributed by atoms with E-state index in [2.05, 4.69) is 10.6 Å². The van der Waals surface area contributed by atoms with Gasteiger partial charge in [0.25, 0.3) is 0 Å². The third kappa shape index (κ3) is 3.73. The van der Waals surface area contributed by atoms with Crippen LogP contribution >= 0.6 is 12.4 Å². The minimum atomic E-state index is 0. The maximum Gasteiger partial charge on any atom is 0.223 e. The highest BCUT2D eigenvalue weighted by Gasteiger charge is 2.57. The van der Waals surface area contributed by atoms with E-state index >= 15 is 0 Å². The Morgan fingerprint density at radius 2 is 2.09 bits per heavy atom. The van der Waals surface area contributed by atoms with Gasteiger partial charge in [0.05, 0.1) is 6.54 Å². The molecule has 3 rings (SSSR count). The van der Waals surface area contributed by atoms with Crippen molar-refractivity contribution in [3.8, 4) is 5.75 Å². The first-order valence-electron chi connectivity index (χ1n) is 7.88. The van der Waals surface area contributed by atoms with Crippen molar-refractivity contribution in [2.45, 2.75) is 26.2 Å². The number of carbonyl (C=O) groups excluding carboxylic acids is 1. The molecule has 2 fully saturated rings. The number of halogens is 1. The Labute approximate surface area is 138 Å². The molecule has 1 unspecified atom stereocenters. The van der Waals surface area contributed by atoms with E-state index in [1.165, 1.54) is 0 Å². The number of hydrogen-bond acceptors (Lipinski definition) is 3. The van der Waals surface area contributed by atoms with Gasteiger partial charge in [-0.05, 0) is 56.3 Å². The normalized spacial score (nSPS) is 21.8. The van der Waals surface area contributed by atoms with Gasteiger partial charge in [0, 0.05) is 5.92 Å². The van der Waals surface area contributed by atoms with Crippen molar-refractivity contribution < 1.29 is 9.53 Å². The summed E-state index contributed by atoms with van der Waals surface area (Å²) >= 11 is 0. The number of para-hydroxylation sites is 1. The lowest BCUT2D eigenvalue weighted by Crippen LogP contribution is -2.35. The molecule has 1 saturated heterocycles. The Balaban J connectivity index is 0.00000176. The molecule has 4 nitrogen and oxygen atoms in total. The van der Waals surface area contributed by atoms with Gasteiger partial charge in [0.2, 0.25) is 5.91 Å². The lowest BCUT2D eigenvalue weighted by atomic mass is 9.92. The van der Waals surface area contributed by atoms with E-state index in [0.717, 1.165) is 43.7 Å². The molecule has 1 atom stereocenters. The molecule has 122 valence electrons. The molecule has 0 bridgehead atoms. The quantitative estimate of drug-likeness (QED) is 0.817. The van der Waals surface area contributed by atoms with Crippen molar-refractivity contribution in [3.05, 3.63) is 29.8 Å². The van der Waals surface area contributed by atoms with Crippen LogP contribution in [-0.2, 0) is 4.79 Å². The minimum absolute atomic E-state index is 0. The molecule has 1 aromatic rings. The van der Waals surface area contributed by atoms with Crippen molar-refractivity contribution in [1.29, 1.82) is 0 Å². The monoisotopic (exact) mass is 324 g/mol. The topological polar surface area (TPSA) is 50.4 Å². The number of aryl methyl sites for hydroxylation is 1. The van der Waals surface area contributed by atoms with Gasteiger partial charge in [0.15, 0.2) is 0 Å². The highest BCUT2D eigenvalue weighted by atomic mass is 35.5. The van der Waals surface area contributed by atoms with Crippen LogP contribution in [0.5, 0.6) is 5.75 Å². The summed E-state index contributed by atoms with van der Waals surface area (Å²) in [5.74, 6) is 1.34. The van der Waals surface area contributed by atoms with Crippen LogP contribution in [0.3, 0.4) is 0 Å². The SMILES string of the molecule is Cc1ccccc1OCCNC(=O)C1CC12CCNCC2.Cl. The predicted octanol–water partition coefficient (Wildman–Crippen LogP) is 2.30. The third-order valence-electron chi connectivity index (χ3n) is 4.86. The predicted molar refractivity (Wildman–Crippen MR) is 89.6 cm³/mol. The molecule has 5 heteroatoms. The van der Waals surface area contributed by atoms with E-state index in [4.69, 9.17) is 4.74 Å². The lowest BCUT2D eigenvalue weighted by Gasteiger charge is -2.23. The smallest absolute Gasteiger partial charge is 0.223 e. The maximum atomic E-state index is 12.2. The number of amides is 1. The molecular weight excluding hydrogens is 300 g/mol. The fourth-order valence-electron chi connectivity index (χ4n) is 3.37. The van der Waals surface area contributed by atoms with Gasteiger partial charge in [-0.3, -0.25) is 4.79 Å². The molecule has 0 radical (unpaired) electrons. The second-order valence-corrected chi connectivity index (χ2v) is 6.27. The van der Waals surface area contributed by atoms with E-state index in [-0.39, 0.29) is 24.2 Å². The van der Waals surface area contributed by atoms with Crippen molar-refractivity contribution >= 4 is 18.3 Å². The average Bonchev–Trinajstić information content (AvgIpc) is 3.19. The Morgan fingerprint density at radius 1 is 1.36 bits per heavy atom. The Kier molecular flexibility index (Phi) is 5.70. The summed E-state index contributed by atoms with van der Waals surface area (Å²) in [6, 6.07) is 7.95. The second kappa shape index (κ2) is 7.34. The van der Waals surface area contributed by atoms with Crippen LogP contribution in [0.1, 0.15) is 24.8 Å². The number of ether oxygens (including phenoxy) is 1. The maximum absolute atomic E-state index is 12.2. The molecule has 22 heavy (non-hydrogen) atoms. The van der Waals surface area contributed by atoms with Crippen molar-refractivity contribution in [2.75, 3.05) is 26.2 Å². The highest BCUT2D eigenvalue weighted by Crippen LogP contribution is 2.58. The zero-order chi connectivity index (χ0) is 14.7. The standard InChI is InChI=1S/C17H24N2O2.ClH/c1-13-4-2-3-5-15(13)21-11-10-19-16(20)14-12-17(14)6-8-18-9-7-17;/h2-5,14,18H,6-12H2,1H3,(H,19,20);1H. The molecule has 2 aliphatic rings. The van der Waals surface area contributed by atoms with Crippen molar-refractivity contribution in [3.63, 3.8) is 0 Å². The summed E-state index contributed by atoms with van der Waals surface area (Å²) in [5, 5.41) is 6.39. The van der Waals surface area contributed by atoms with Crippen LogP contribution in [0.25, 0.3) is 0 Å². The molecule has 1 heterocycles. The molecule has 1 aromatic carbocycles. The van der Waals surface area contributed by atoms with Crippen molar-refractivity contribution in [2.24, 2.45) is 11.3 Å². The number of piperidine rings is 1. The molecule has 0 aromatic heterocycles. The van der Waals surface area contributed by atoms with Gasteiger partial charge in [-0.2, -0.15) is 0 Å². The fraction of sp³-hybridized carbons (Fsp3) is 0.588. The molecule has 2 N–H and O–H groups in total. The van der Waals surface area contributed by atoms with E-state index in [0.29, 0.717) is 18.6 Å². The minimum Gasteiger partial charge on any atom is -0.491 e. The zero-order valence-electron chi connectivity index (χ0n) is 13.1. The van der Waals surface area contributed by atoms with Gasteiger partial charge in [0.1, 0.15) is 12.4 Å². The van der Waals surface area contributed by atoms with Gasteiger partial charge in [-0.15, -0.1) is 12.4 Å². The average molecular weight is 325 g/mol. The van der Waals surface area contributed by atoms with Crippen LogP contribution in [0.2, 0.25) is 0 Å². The van der Waals surface area contributed by atoms with Crippen LogP contribution in [-0.4, -0.2) is 32.1 Å². The third-order valence-corrected chi connectivity index (χ3v) is 4.86. The summed E-state index contributed by atoms with van der Waals surface area (Å²) in [5.41, 5.74) is 1.44. The van der Waals surface area contributed by atoms with E-state index in [1.54, 1.807) is 0 Å². The first-order chi connectivity index (χ1) is 10.2. The number of hydrogen-bond donors (Lipinski definition) is 2. The molecular formula is C17H25ClN2O2. The highest BCUT2D eigenvalue weighted by molar-refractivity contribution is 5.85. The number of nitrogens with one attached hydrogen (secondary N) is 2. The second-order valence-electron chi connectivity index (χ2n) is 6.27. The Bertz CT molecular complexity index is 515. The Hall–Kier alpha value is -1.26. The summed E-state index contributed by atoms with van der Waals surface area (Å²) in [7, 11) is 0. The number of benzene rings is 1. The first-order valence-corrected chi connectivity index (χ1v) is 7.88. The van der Waals surface area contributed by atoms with E-state index in [9.17, 15) is 4.79 Å². The van der Waals surface area contributed by atoms with Crippen molar-refractivity contribution in [1.82, 2.24) is 10.6 Å². The number of rotatable bonds is 5. The zero-order valence-corrected chi connectivity index (χ0v) is 13.9. The van der Waals surface area contributed by atoms with Crippen LogP contribution in [0, 0.1) is 18.3 Å². The molecule has 1 spiro atoms. The largest absolute Gasteiger partial charge is 0.491 e. The van der Waals surface area contributed by atoms with Crippen LogP contribution < -0.4 is 15.4 Å². The molecule has 1 aliphatic carbocycles. The van der Waals surface area contributed by atoms with E-state index in [1.807, 2.05) is 31.2 Å².